The van der Waals surface area contributed by atoms with Gasteiger partial charge in [0.1, 0.15) is 0 Å². The number of aliphatic imine (C=N–C) groups is 1. The second-order valence-electron chi connectivity index (χ2n) is 0.935. The Hall–Kier alpha value is -1.04. The van der Waals surface area contributed by atoms with Gasteiger partial charge in [-0.05, 0) is 0 Å². The van der Waals surface area contributed by atoms with Gasteiger partial charge in [0.25, 0.3) is 0 Å². The van der Waals surface area contributed by atoms with E-state index in [-0.39, 0.29) is 0 Å². The van der Waals surface area contributed by atoms with Crippen molar-refractivity contribution in [1.82, 2.24) is 0 Å². The second kappa shape index (κ2) is 3.16. The fourth-order valence-corrected chi connectivity index (χ4v) is 0.116. The van der Waals surface area contributed by atoms with Crippen molar-refractivity contribution in [3.63, 3.8) is 0 Å². The Morgan fingerprint density at radius 3 is 2.57 bits per heavy atom. The summed E-state index contributed by atoms with van der Waals surface area (Å²) in [5, 5.41) is 7.85. The molecule has 0 saturated heterocycles. The first kappa shape index (κ1) is 5.96. The molecule has 3 heteroatoms. The zero-order valence-electron chi connectivity index (χ0n) is 4.30. The van der Waals surface area contributed by atoms with Gasteiger partial charge in [0.2, 0.25) is 6.19 Å². The topological polar surface area (TPSA) is 45.4 Å². The van der Waals surface area contributed by atoms with Crippen LogP contribution < -0.4 is 0 Å². The zero-order chi connectivity index (χ0) is 5.70. The molecule has 0 bridgehead atoms. The van der Waals surface area contributed by atoms with E-state index in [9.17, 15) is 0 Å². The van der Waals surface area contributed by atoms with Gasteiger partial charge in [-0.2, -0.15) is 5.26 Å². The molecule has 0 aromatic rings. The Kier molecular flexibility index (Phi) is 2.69. The predicted octanol–water partition coefficient (Wildman–Crippen LogP) is 0.532. The van der Waals surface area contributed by atoms with Crippen molar-refractivity contribution in [3.8, 4) is 6.19 Å². The van der Waals surface area contributed by atoms with Crippen molar-refractivity contribution in [2.75, 3.05) is 7.11 Å². The lowest BCUT2D eigenvalue weighted by atomic mass is 10.8. The summed E-state index contributed by atoms with van der Waals surface area (Å²) in [7, 11) is 1.47. The Balaban J connectivity index is 3.56. The van der Waals surface area contributed by atoms with Gasteiger partial charge in [-0.1, -0.05) is 0 Å². The first-order chi connectivity index (χ1) is 3.31. The van der Waals surface area contributed by atoms with Crippen LogP contribution in [0, 0.1) is 11.5 Å². The van der Waals surface area contributed by atoms with Gasteiger partial charge in [0.15, 0.2) is 5.90 Å². The fourth-order valence-electron chi connectivity index (χ4n) is 0.116. The molecule has 0 aromatic carbocycles. The predicted molar refractivity (Wildman–Crippen MR) is 25.7 cm³/mol. The molecule has 0 aromatic heterocycles. The molecule has 7 heavy (non-hydrogen) atoms. The first-order valence-corrected chi connectivity index (χ1v) is 1.78. The molecule has 0 saturated carbocycles. The Bertz CT molecular complexity index is 111. The van der Waals surface area contributed by atoms with Gasteiger partial charge in [0.05, 0.1) is 7.11 Å². The number of hydrogen-bond donors (Lipinski definition) is 0. The lowest BCUT2D eigenvalue weighted by molar-refractivity contribution is 0.400. The van der Waals surface area contributed by atoms with Gasteiger partial charge in [-0.3, -0.25) is 0 Å². The number of ether oxygens (including phenoxy) is 1. The molecular formula is C4H6N2O. The molecule has 0 atom stereocenters. The third-order valence-electron chi connectivity index (χ3n) is 0.503. The third kappa shape index (κ3) is 2.77. The van der Waals surface area contributed by atoms with Gasteiger partial charge < -0.3 is 4.74 Å². The lowest BCUT2D eigenvalue weighted by Crippen LogP contribution is -1.90. The van der Waals surface area contributed by atoms with Crippen LogP contribution in [0.25, 0.3) is 0 Å². The van der Waals surface area contributed by atoms with Crippen LogP contribution in [0.4, 0.5) is 0 Å². The summed E-state index contributed by atoms with van der Waals surface area (Å²) < 4.78 is 4.52. The maximum atomic E-state index is 7.85. The highest BCUT2D eigenvalue weighted by molar-refractivity contribution is 5.73. The summed E-state index contributed by atoms with van der Waals surface area (Å²) in [6.07, 6.45) is 1.58. The summed E-state index contributed by atoms with van der Waals surface area (Å²) in [6, 6.07) is 0. The quantitative estimate of drug-likeness (QED) is 0.252. The van der Waals surface area contributed by atoms with E-state index in [1.54, 1.807) is 13.1 Å². The maximum Gasteiger partial charge on any atom is 0.208 e. The van der Waals surface area contributed by atoms with E-state index in [0.717, 1.165) is 0 Å². The average molecular weight is 98.1 g/mol. The fraction of sp³-hybridized carbons (Fsp3) is 0.500. The zero-order valence-corrected chi connectivity index (χ0v) is 4.30. The molecule has 0 rings (SSSR count). The van der Waals surface area contributed by atoms with Crippen molar-refractivity contribution in [1.29, 1.82) is 5.26 Å². The Morgan fingerprint density at radius 2 is 2.43 bits per heavy atom. The molecule has 0 amide bonds. The van der Waals surface area contributed by atoms with Crippen molar-refractivity contribution in [2.45, 2.75) is 6.92 Å². The van der Waals surface area contributed by atoms with E-state index in [4.69, 9.17) is 5.26 Å². The largest absolute Gasteiger partial charge is 0.484 e. The summed E-state index contributed by atoms with van der Waals surface area (Å²) in [4.78, 5) is 3.24. The second-order valence-corrected chi connectivity index (χ2v) is 0.935. The van der Waals surface area contributed by atoms with E-state index in [2.05, 4.69) is 9.73 Å². The first-order valence-electron chi connectivity index (χ1n) is 1.78. The molecule has 0 unspecified atom stereocenters. The molecule has 0 aliphatic heterocycles. The number of methoxy groups -OCH3 is 1. The molecule has 0 fully saturated rings. The van der Waals surface area contributed by atoms with E-state index < -0.39 is 0 Å². The number of nitriles is 1. The minimum Gasteiger partial charge on any atom is -0.484 e. The molecule has 3 nitrogen and oxygen atoms in total. The molecule has 0 radical (unpaired) electrons. The molecule has 0 N–H and O–H groups in total. The molecule has 0 heterocycles. The maximum absolute atomic E-state index is 7.85. The monoisotopic (exact) mass is 98.0 g/mol. The normalized spacial score (nSPS) is 10.1. The van der Waals surface area contributed by atoms with E-state index in [0.29, 0.717) is 5.90 Å². The highest BCUT2D eigenvalue weighted by atomic mass is 16.5. The van der Waals surface area contributed by atoms with Crippen LogP contribution in [0.1, 0.15) is 6.92 Å². The minimum atomic E-state index is 0.391. The molecule has 0 aliphatic carbocycles. The highest BCUT2D eigenvalue weighted by Crippen LogP contribution is 1.72. The average Bonchev–Trinajstić information content (AvgIpc) is 1.68. The van der Waals surface area contributed by atoms with Crippen LogP contribution in [-0.2, 0) is 4.74 Å². The summed E-state index contributed by atoms with van der Waals surface area (Å²) in [5.41, 5.74) is 0. The summed E-state index contributed by atoms with van der Waals surface area (Å²) in [6.45, 7) is 1.61. The Morgan fingerprint density at radius 1 is 1.86 bits per heavy atom. The summed E-state index contributed by atoms with van der Waals surface area (Å²) in [5.74, 6) is 0.391. The number of hydrogen-bond acceptors (Lipinski definition) is 3. The van der Waals surface area contributed by atoms with Crippen LogP contribution in [0.3, 0.4) is 0 Å². The highest BCUT2D eigenvalue weighted by Gasteiger charge is 1.78. The third-order valence-corrected chi connectivity index (χ3v) is 0.503. The van der Waals surface area contributed by atoms with Crippen LogP contribution in [0.2, 0.25) is 0 Å². The van der Waals surface area contributed by atoms with Crippen LogP contribution in [-0.4, -0.2) is 13.0 Å². The molecule has 38 valence electrons. The van der Waals surface area contributed by atoms with Crippen molar-refractivity contribution >= 4 is 5.90 Å². The standard InChI is InChI=1S/C4H6N2O/c1-4(7-2)6-3-5/h1-2H3/b6-4+. The van der Waals surface area contributed by atoms with E-state index in [1.807, 2.05) is 0 Å². The summed E-state index contributed by atoms with van der Waals surface area (Å²) >= 11 is 0. The van der Waals surface area contributed by atoms with Crippen LogP contribution in [0.15, 0.2) is 4.99 Å². The smallest absolute Gasteiger partial charge is 0.208 e. The number of rotatable bonds is 0. The van der Waals surface area contributed by atoms with Gasteiger partial charge >= 0.3 is 0 Å². The van der Waals surface area contributed by atoms with Gasteiger partial charge in [-0.15, -0.1) is 4.99 Å². The van der Waals surface area contributed by atoms with Gasteiger partial charge in [0, 0.05) is 6.92 Å². The van der Waals surface area contributed by atoms with E-state index >= 15 is 0 Å². The molecule has 0 spiro atoms. The lowest BCUT2D eigenvalue weighted by Gasteiger charge is -1.88. The molecule has 0 aliphatic rings. The minimum absolute atomic E-state index is 0.391. The Labute approximate surface area is 42.2 Å². The van der Waals surface area contributed by atoms with Crippen LogP contribution in [0.5, 0.6) is 0 Å². The number of nitrogens with zero attached hydrogens (tertiary/aromatic N) is 2. The SMILES string of the molecule is CO/C(C)=N/C#N. The van der Waals surface area contributed by atoms with Gasteiger partial charge in [-0.25, -0.2) is 0 Å². The van der Waals surface area contributed by atoms with Crippen LogP contribution >= 0.6 is 0 Å². The van der Waals surface area contributed by atoms with Crippen molar-refractivity contribution in [2.24, 2.45) is 4.99 Å². The van der Waals surface area contributed by atoms with Crippen molar-refractivity contribution in [3.05, 3.63) is 0 Å². The molecular weight excluding hydrogens is 92.1 g/mol. The van der Waals surface area contributed by atoms with E-state index in [1.165, 1.54) is 7.11 Å². The van der Waals surface area contributed by atoms with Crippen molar-refractivity contribution < 1.29 is 4.74 Å².